The van der Waals surface area contributed by atoms with Crippen molar-refractivity contribution in [3.63, 3.8) is 0 Å². The van der Waals surface area contributed by atoms with Crippen LogP contribution >= 0.6 is 0 Å². The van der Waals surface area contributed by atoms with Crippen molar-refractivity contribution in [2.75, 3.05) is 0 Å². The summed E-state index contributed by atoms with van der Waals surface area (Å²) in [6.45, 7) is 3.38. The molecule has 4 nitrogen and oxygen atoms in total. The van der Waals surface area contributed by atoms with E-state index >= 15 is 0 Å². The van der Waals surface area contributed by atoms with Gasteiger partial charge in [-0.1, -0.05) is 19.1 Å². The highest BCUT2D eigenvalue weighted by atomic mass is 16.4. The summed E-state index contributed by atoms with van der Waals surface area (Å²) in [4.78, 5) is 21.9. The van der Waals surface area contributed by atoms with E-state index in [9.17, 15) is 9.59 Å². The fourth-order valence-electron chi connectivity index (χ4n) is 1.62. The van der Waals surface area contributed by atoms with Crippen LogP contribution < -0.4 is 0 Å². The Morgan fingerprint density at radius 1 is 1.47 bits per heavy atom. The van der Waals surface area contributed by atoms with Crippen molar-refractivity contribution in [3.8, 4) is 0 Å². The number of carbonyl (C=O) groups is 2. The maximum absolute atomic E-state index is 11.0. The molecule has 2 N–H and O–H groups in total. The largest absolute Gasteiger partial charge is 0.481 e. The highest BCUT2D eigenvalue weighted by Crippen LogP contribution is 2.35. The molecule has 0 fully saturated rings. The highest BCUT2D eigenvalue weighted by molar-refractivity contribution is 5.91. The Labute approximate surface area is 87.9 Å². The van der Waals surface area contributed by atoms with Crippen LogP contribution in [0.3, 0.4) is 0 Å². The van der Waals surface area contributed by atoms with Gasteiger partial charge in [-0.25, -0.2) is 4.79 Å². The predicted molar refractivity (Wildman–Crippen MR) is 54.5 cm³/mol. The molecule has 0 radical (unpaired) electrons. The van der Waals surface area contributed by atoms with E-state index in [1.807, 2.05) is 6.92 Å². The van der Waals surface area contributed by atoms with Crippen molar-refractivity contribution in [1.29, 1.82) is 0 Å². The van der Waals surface area contributed by atoms with Crippen LogP contribution in [0, 0.1) is 5.41 Å². The van der Waals surface area contributed by atoms with Gasteiger partial charge in [0.1, 0.15) is 0 Å². The zero-order chi connectivity index (χ0) is 11.6. The summed E-state index contributed by atoms with van der Waals surface area (Å²) < 4.78 is 0. The molecule has 1 unspecified atom stereocenters. The lowest BCUT2D eigenvalue weighted by Crippen LogP contribution is -2.29. The van der Waals surface area contributed by atoms with Gasteiger partial charge in [0.2, 0.25) is 0 Å². The van der Waals surface area contributed by atoms with Gasteiger partial charge in [-0.15, -0.1) is 0 Å². The van der Waals surface area contributed by atoms with E-state index in [0.29, 0.717) is 12.0 Å². The number of carboxylic acids is 2. The van der Waals surface area contributed by atoms with Crippen molar-refractivity contribution in [2.45, 2.75) is 26.7 Å². The first kappa shape index (κ1) is 11.5. The van der Waals surface area contributed by atoms with Crippen LogP contribution in [-0.4, -0.2) is 22.2 Å². The molecule has 0 aromatic carbocycles. The zero-order valence-corrected chi connectivity index (χ0v) is 8.78. The summed E-state index contributed by atoms with van der Waals surface area (Å²) in [5.41, 5.74) is -0.169. The second kappa shape index (κ2) is 3.88. The van der Waals surface area contributed by atoms with Gasteiger partial charge in [-0.05, 0) is 25.3 Å². The number of hydrogen-bond donors (Lipinski definition) is 2. The van der Waals surface area contributed by atoms with Gasteiger partial charge in [-0.2, -0.15) is 0 Å². The highest BCUT2D eigenvalue weighted by Gasteiger charge is 2.36. The van der Waals surface area contributed by atoms with Crippen molar-refractivity contribution < 1.29 is 19.8 Å². The summed E-state index contributed by atoms with van der Waals surface area (Å²) >= 11 is 0. The van der Waals surface area contributed by atoms with E-state index in [4.69, 9.17) is 10.2 Å². The minimum Gasteiger partial charge on any atom is -0.481 e. The summed E-state index contributed by atoms with van der Waals surface area (Å²) in [5, 5.41) is 18.0. The third-order valence-corrected chi connectivity index (χ3v) is 2.71. The van der Waals surface area contributed by atoms with Gasteiger partial charge < -0.3 is 10.2 Å². The van der Waals surface area contributed by atoms with E-state index in [1.54, 1.807) is 12.2 Å². The zero-order valence-electron chi connectivity index (χ0n) is 8.78. The molecule has 0 saturated carbocycles. The number of rotatable bonds is 3. The van der Waals surface area contributed by atoms with Gasteiger partial charge in [0, 0.05) is 5.57 Å². The topological polar surface area (TPSA) is 74.6 Å². The maximum atomic E-state index is 11.0. The Bertz CT molecular complexity index is 365. The average Bonchev–Trinajstić information content (AvgIpc) is 2.17. The molecular weight excluding hydrogens is 196 g/mol. The average molecular weight is 210 g/mol. The summed E-state index contributed by atoms with van der Waals surface area (Å²) in [7, 11) is 0. The molecule has 0 bridgehead atoms. The van der Waals surface area contributed by atoms with E-state index in [0.717, 1.165) is 0 Å². The lowest BCUT2D eigenvalue weighted by atomic mass is 9.77. The molecule has 0 heterocycles. The first-order valence-corrected chi connectivity index (χ1v) is 4.78. The van der Waals surface area contributed by atoms with Gasteiger partial charge in [-0.3, -0.25) is 4.79 Å². The van der Waals surface area contributed by atoms with Crippen LogP contribution in [0.5, 0.6) is 0 Å². The second-order valence-electron chi connectivity index (χ2n) is 3.90. The fraction of sp³-hybridized carbons (Fsp3) is 0.455. The standard InChI is InChI=1S/C11H14O4/c1-3-7-4-5-11(2,10(14)15)6-8(7)9(12)13/h4-5H,3,6H2,1-2H3,(H,12,13)(H,14,15). The molecule has 0 amide bonds. The molecule has 82 valence electrons. The molecular formula is C11H14O4. The van der Waals surface area contributed by atoms with Crippen LogP contribution in [0.4, 0.5) is 0 Å². The van der Waals surface area contributed by atoms with Crippen LogP contribution in [-0.2, 0) is 9.59 Å². The van der Waals surface area contributed by atoms with E-state index in [2.05, 4.69) is 0 Å². The first-order chi connectivity index (χ1) is 6.90. The predicted octanol–water partition coefficient (Wildman–Crippen LogP) is 1.83. The summed E-state index contributed by atoms with van der Waals surface area (Å²) in [6, 6.07) is 0. The van der Waals surface area contributed by atoms with Gasteiger partial charge >= 0.3 is 11.9 Å². The van der Waals surface area contributed by atoms with Gasteiger partial charge in [0.05, 0.1) is 5.41 Å². The van der Waals surface area contributed by atoms with Crippen LogP contribution in [0.15, 0.2) is 23.3 Å². The second-order valence-corrected chi connectivity index (χ2v) is 3.90. The van der Waals surface area contributed by atoms with Crippen LogP contribution in [0.2, 0.25) is 0 Å². The molecule has 0 spiro atoms. The van der Waals surface area contributed by atoms with Crippen molar-refractivity contribution >= 4 is 11.9 Å². The molecule has 0 saturated heterocycles. The van der Waals surface area contributed by atoms with Crippen LogP contribution in [0.25, 0.3) is 0 Å². The molecule has 0 aliphatic heterocycles. The number of aliphatic carboxylic acids is 2. The smallest absolute Gasteiger partial charge is 0.331 e. The molecule has 15 heavy (non-hydrogen) atoms. The normalized spacial score (nSPS) is 25.5. The Kier molecular flexibility index (Phi) is 2.98. The molecule has 1 aliphatic rings. The van der Waals surface area contributed by atoms with Crippen molar-refractivity contribution in [2.24, 2.45) is 5.41 Å². The SMILES string of the molecule is CCC1=C(C(=O)O)CC(C)(C(=O)O)C=C1. The lowest BCUT2D eigenvalue weighted by Gasteiger charge is -2.26. The Hall–Kier alpha value is -1.58. The third kappa shape index (κ3) is 2.09. The first-order valence-electron chi connectivity index (χ1n) is 4.78. The monoisotopic (exact) mass is 210 g/mol. The molecule has 4 heteroatoms. The Morgan fingerprint density at radius 3 is 2.47 bits per heavy atom. The van der Waals surface area contributed by atoms with Gasteiger partial charge in [0.25, 0.3) is 0 Å². The minimum absolute atomic E-state index is 0.0529. The molecule has 1 atom stereocenters. The maximum Gasteiger partial charge on any atom is 0.331 e. The Morgan fingerprint density at radius 2 is 2.07 bits per heavy atom. The lowest BCUT2D eigenvalue weighted by molar-refractivity contribution is -0.145. The van der Waals surface area contributed by atoms with E-state index in [-0.39, 0.29) is 12.0 Å². The molecule has 0 aromatic rings. The fourth-order valence-corrected chi connectivity index (χ4v) is 1.62. The molecule has 1 rings (SSSR count). The molecule has 1 aliphatic carbocycles. The van der Waals surface area contributed by atoms with Crippen molar-refractivity contribution in [3.05, 3.63) is 23.3 Å². The summed E-state index contributed by atoms with van der Waals surface area (Å²) in [6.07, 6.45) is 3.84. The van der Waals surface area contributed by atoms with Crippen LogP contribution in [0.1, 0.15) is 26.7 Å². The molecule has 0 aromatic heterocycles. The number of carboxylic acid groups (broad SMARTS) is 2. The number of hydrogen-bond acceptors (Lipinski definition) is 2. The quantitative estimate of drug-likeness (QED) is 0.745. The summed E-state index contributed by atoms with van der Waals surface area (Å²) in [5.74, 6) is -2.02. The van der Waals surface area contributed by atoms with Gasteiger partial charge in [0.15, 0.2) is 0 Å². The minimum atomic E-state index is -1.09. The van der Waals surface area contributed by atoms with E-state index in [1.165, 1.54) is 6.92 Å². The van der Waals surface area contributed by atoms with E-state index < -0.39 is 17.4 Å². The third-order valence-electron chi connectivity index (χ3n) is 2.71. The number of allylic oxidation sites excluding steroid dienone is 2. The Balaban J connectivity index is 3.10. The van der Waals surface area contributed by atoms with Crippen molar-refractivity contribution in [1.82, 2.24) is 0 Å².